The molecule has 2 aromatic rings. The third kappa shape index (κ3) is 3.91. The molecular weight excluding hydrogens is 312 g/mol. The van der Waals surface area contributed by atoms with E-state index in [2.05, 4.69) is 15.5 Å². The van der Waals surface area contributed by atoms with Crippen molar-refractivity contribution in [2.24, 2.45) is 0 Å². The van der Waals surface area contributed by atoms with Crippen LogP contribution in [0.4, 0.5) is 0 Å². The minimum atomic E-state index is -0.136. The second kappa shape index (κ2) is 7.13. The Balaban J connectivity index is 1.76. The van der Waals surface area contributed by atoms with Gasteiger partial charge in [0, 0.05) is 11.1 Å². The fourth-order valence-corrected chi connectivity index (χ4v) is 3.17. The summed E-state index contributed by atoms with van der Waals surface area (Å²) in [7, 11) is 0. The average Bonchev–Trinajstić information content (AvgIpc) is 2.74. The van der Waals surface area contributed by atoms with E-state index in [-0.39, 0.29) is 11.9 Å². The second-order valence-electron chi connectivity index (χ2n) is 6.07. The van der Waals surface area contributed by atoms with E-state index < -0.39 is 0 Å². The highest BCUT2D eigenvalue weighted by Crippen LogP contribution is 2.18. The third-order valence-electron chi connectivity index (χ3n) is 4.23. The van der Waals surface area contributed by atoms with Crippen molar-refractivity contribution in [1.29, 1.82) is 0 Å². The molecule has 1 fully saturated rings. The summed E-state index contributed by atoms with van der Waals surface area (Å²) in [5, 5.41) is 12.4. The molecule has 0 saturated heterocycles. The first-order valence-electron chi connectivity index (χ1n) is 8.14. The van der Waals surface area contributed by atoms with Gasteiger partial charge in [-0.05, 0) is 38.0 Å². The maximum atomic E-state index is 12.5. The zero-order valence-corrected chi connectivity index (χ0v) is 14.0. The van der Waals surface area contributed by atoms with Crippen molar-refractivity contribution in [3.05, 3.63) is 40.7 Å². The average molecular weight is 333 g/mol. The Morgan fingerprint density at radius 3 is 2.65 bits per heavy atom. The molecule has 3 rings (SSSR count). The number of aromatic nitrogens is 3. The van der Waals surface area contributed by atoms with Crippen molar-refractivity contribution in [3.63, 3.8) is 0 Å². The van der Waals surface area contributed by atoms with Gasteiger partial charge in [-0.3, -0.25) is 4.79 Å². The number of benzene rings is 1. The molecule has 0 atom stereocenters. The quantitative estimate of drug-likeness (QED) is 0.872. The number of nitrogens with zero attached hydrogens (tertiary/aromatic N) is 3. The molecule has 1 aliphatic carbocycles. The summed E-state index contributed by atoms with van der Waals surface area (Å²) in [6.07, 6.45) is 6.98. The highest BCUT2D eigenvalue weighted by molar-refractivity contribution is 6.30. The largest absolute Gasteiger partial charge is 0.348 e. The molecule has 0 unspecified atom stereocenters. The first kappa shape index (κ1) is 16.0. The summed E-state index contributed by atoms with van der Waals surface area (Å²) in [4.78, 5) is 14.0. The van der Waals surface area contributed by atoms with Gasteiger partial charge in [0.25, 0.3) is 5.91 Å². The standard InChI is InChI=1S/C17H21ClN4O/c1-12-16(17(23)19-14-8-4-2-3-5-9-14)21-22(20-12)15-10-6-7-13(18)11-15/h6-7,10-11,14H,2-5,8-9H2,1H3,(H,19,23). The maximum absolute atomic E-state index is 12.5. The number of aryl methyl sites for hydroxylation is 1. The molecular formula is C17H21ClN4O. The van der Waals surface area contributed by atoms with Crippen LogP contribution in [-0.4, -0.2) is 26.9 Å². The molecule has 1 aliphatic rings. The van der Waals surface area contributed by atoms with E-state index in [9.17, 15) is 4.79 Å². The zero-order valence-electron chi connectivity index (χ0n) is 13.3. The molecule has 0 bridgehead atoms. The van der Waals surface area contributed by atoms with Crippen molar-refractivity contribution < 1.29 is 4.79 Å². The van der Waals surface area contributed by atoms with Crippen LogP contribution in [0.2, 0.25) is 5.02 Å². The van der Waals surface area contributed by atoms with Gasteiger partial charge in [-0.2, -0.15) is 9.90 Å². The minimum absolute atomic E-state index is 0.136. The molecule has 5 nitrogen and oxygen atoms in total. The summed E-state index contributed by atoms with van der Waals surface area (Å²) < 4.78 is 0. The summed E-state index contributed by atoms with van der Waals surface area (Å²) in [5.74, 6) is -0.136. The topological polar surface area (TPSA) is 59.8 Å². The maximum Gasteiger partial charge on any atom is 0.273 e. The van der Waals surface area contributed by atoms with Crippen LogP contribution in [-0.2, 0) is 0 Å². The summed E-state index contributed by atoms with van der Waals surface area (Å²) in [5.41, 5.74) is 1.75. The molecule has 23 heavy (non-hydrogen) atoms. The van der Waals surface area contributed by atoms with Gasteiger partial charge in [0.05, 0.1) is 11.4 Å². The van der Waals surface area contributed by atoms with Crippen molar-refractivity contribution in [2.45, 2.75) is 51.5 Å². The van der Waals surface area contributed by atoms with Gasteiger partial charge in [-0.15, -0.1) is 5.10 Å². The highest BCUT2D eigenvalue weighted by atomic mass is 35.5. The summed E-state index contributed by atoms with van der Waals surface area (Å²) in [6, 6.07) is 7.51. The SMILES string of the molecule is Cc1nn(-c2cccc(Cl)c2)nc1C(=O)NC1CCCCCC1. The number of nitrogens with one attached hydrogen (secondary N) is 1. The fourth-order valence-electron chi connectivity index (χ4n) is 2.98. The smallest absolute Gasteiger partial charge is 0.273 e. The van der Waals surface area contributed by atoms with Crippen LogP contribution < -0.4 is 5.32 Å². The number of carbonyl (C=O) groups excluding carboxylic acids is 1. The predicted molar refractivity (Wildman–Crippen MR) is 90.1 cm³/mol. The van der Waals surface area contributed by atoms with E-state index in [4.69, 9.17) is 11.6 Å². The highest BCUT2D eigenvalue weighted by Gasteiger charge is 2.20. The first-order valence-corrected chi connectivity index (χ1v) is 8.52. The first-order chi connectivity index (χ1) is 11.1. The molecule has 0 aliphatic heterocycles. The molecule has 1 aromatic heterocycles. The van der Waals surface area contributed by atoms with Crippen LogP contribution in [0.3, 0.4) is 0 Å². The monoisotopic (exact) mass is 332 g/mol. The van der Waals surface area contributed by atoms with E-state index in [0.717, 1.165) is 18.5 Å². The van der Waals surface area contributed by atoms with Crippen molar-refractivity contribution in [3.8, 4) is 5.69 Å². The minimum Gasteiger partial charge on any atom is -0.348 e. The molecule has 0 spiro atoms. The van der Waals surface area contributed by atoms with Crippen LogP contribution >= 0.6 is 11.6 Å². The lowest BCUT2D eigenvalue weighted by Gasteiger charge is -2.15. The lowest BCUT2D eigenvalue weighted by molar-refractivity contribution is 0.0927. The Morgan fingerprint density at radius 2 is 1.96 bits per heavy atom. The van der Waals surface area contributed by atoms with Gasteiger partial charge in [0.1, 0.15) is 0 Å². The number of halogens is 1. The number of carbonyl (C=O) groups is 1. The number of hydrogen-bond acceptors (Lipinski definition) is 3. The van der Waals surface area contributed by atoms with Crippen molar-refractivity contribution in [1.82, 2.24) is 20.3 Å². The third-order valence-corrected chi connectivity index (χ3v) is 4.46. The number of amides is 1. The Bertz CT molecular complexity index is 690. The normalized spacial score (nSPS) is 16.1. The van der Waals surface area contributed by atoms with E-state index in [1.54, 1.807) is 19.1 Å². The zero-order chi connectivity index (χ0) is 16.2. The predicted octanol–water partition coefficient (Wildman–Crippen LogP) is 3.68. The van der Waals surface area contributed by atoms with Gasteiger partial charge < -0.3 is 5.32 Å². The van der Waals surface area contributed by atoms with Gasteiger partial charge in [0.2, 0.25) is 0 Å². The lowest BCUT2D eigenvalue weighted by Crippen LogP contribution is -2.35. The van der Waals surface area contributed by atoms with Crippen LogP contribution in [0.15, 0.2) is 24.3 Å². The van der Waals surface area contributed by atoms with E-state index in [1.807, 2.05) is 12.1 Å². The summed E-state index contributed by atoms with van der Waals surface area (Å²) >= 11 is 6.00. The Kier molecular flexibility index (Phi) is 4.96. The molecule has 1 amide bonds. The number of rotatable bonds is 3. The molecule has 6 heteroatoms. The molecule has 1 heterocycles. The van der Waals surface area contributed by atoms with Crippen LogP contribution in [0.1, 0.15) is 54.7 Å². The van der Waals surface area contributed by atoms with E-state index in [1.165, 1.54) is 30.5 Å². The van der Waals surface area contributed by atoms with Gasteiger partial charge in [-0.1, -0.05) is 43.4 Å². The van der Waals surface area contributed by atoms with Crippen molar-refractivity contribution in [2.75, 3.05) is 0 Å². The fraction of sp³-hybridized carbons (Fsp3) is 0.471. The Morgan fingerprint density at radius 1 is 1.22 bits per heavy atom. The van der Waals surface area contributed by atoms with E-state index >= 15 is 0 Å². The van der Waals surface area contributed by atoms with Crippen LogP contribution in [0, 0.1) is 6.92 Å². The molecule has 1 aromatic carbocycles. The molecule has 0 radical (unpaired) electrons. The van der Waals surface area contributed by atoms with E-state index in [0.29, 0.717) is 16.4 Å². The number of hydrogen-bond donors (Lipinski definition) is 1. The van der Waals surface area contributed by atoms with Crippen molar-refractivity contribution >= 4 is 17.5 Å². The molecule has 1 saturated carbocycles. The Hall–Kier alpha value is -1.88. The molecule has 1 N–H and O–H groups in total. The van der Waals surface area contributed by atoms with Crippen LogP contribution in [0.25, 0.3) is 5.69 Å². The Labute approximate surface area is 141 Å². The lowest BCUT2D eigenvalue weighted by atomic mass is 10.1. The second-order valence-corrected chi connectivity index (χ2v) is 6.50. The van der Waals surface area contributed by atoms with Crippen LogP contribution in [0.5, 0.6) is 0 Å². The summed E-state index contributed by atoms with van der Waals surface area (Å²) in [6.45, 7) is 1.80. The molecule has 122 valence electrons. The van der Waals surface area contributed by atoms with Gasteiger partial charge in [0.15, 0.2) is 5.69 Å². The van der Waals surface area contributed by atoms with Gasteiger partial charge in [-0.25, -0.2) is 0 Å². The van der Waals surface area contributed by atoms with Gasteiger partial charge >= 0.3 is 0 Å².